The van der Waals surface area contributed by atoms with E-state index in [1.165, 1.54) is 87.7 Å². The van der Waals surface area contributed by atoms with Crippen LogP contribution in [-0.2, 0) is 5.41 Å². The van der Waals surface area contributed by atoms with Gasteiger partial charge in [0.15, 0.2) is 5.71 Å². The number of unbranched alkanes of at least 4 members (excludes halogenated alkanes) is 4. The van der Waals surface area contributed by atoms with Crippen LogP contribution in [0.3, 0.4) is 0 Å². The van der Waals surface area contributed by atoms with E-state index in [0.717, 1.165) is 38.8 Å². The maximum Gasteiger partial charge on any atom is 0.206 e. The predicted molar refractivity (Wildman–Crippen MR) is 212 cm³/mol. The fraction of sp³-hybridized carbons (Fsp3) is 0.457. The molecule has 2 aliphatic carbocycles. The van der Waals surface area contributed by atoms with Crippen LogP contribution in [0.5, 0.6) is 0 Å². The molecule has 2 aromatic carbocycles. The number of allylic oxidation sites excluding steroid dienone is 8. The summed E-state index contributed by atoms with van der Waals surface area (Å²) in [7, 11) is 0. The van der Waals surface area contributed by atoms with Crippen molar-refractivity contribution in [2.45, 2.75) is 118 Å². The van der Waals surface area contributed by atoms with Crippen LogP contribution in [0.1, 0.15) is 118 Å². The molecule has 5 rings (SSSR count). The van der Waals surface area contributed by atoms with Gasteiger partial charge in [0.2, 0.25) is 5.69 Å². The number of fused-ring (bicyclic) bond motifs is 4. The molecule has 0 radical (unpaired) electrons. The molecule has 1 aliphatic heterocycles. The van der Waals surface area contributed by atoms with Crippen molar-refractivity contribution >= 4 is 41.4 Å². The lowest BCUT2D eigenvalue weighted by Crippen LogP contribution is -2.35. The zero-order valence-corrected chi connectivity index (χ0v) is 31.1. The summed E-state index contributed by atoms with van der Waals surface area (Å²) in [5.41, 5.74) is 6.96. The Bertz CT molecular complexity index is 1850. The molecule has 2 nitrogen and oxygen atoms in total. The summed E-state index contributed by atoms with van der Waals surface area (Å²) in [4.78, 5) is 2.59. The summed E-state index contributed by atoms with van der Waals surface area (Å²) in [6, 6.07) is 11.8. The smallest absolute Gasteiger partial charge is 0.206 e. The average Bonchev–Trinajstić information content (AvgIpc) is 3.30. The second kappa shape index (κ2) is 16.2. The van der Waals surface area contributed by atoms with Crippen molar-refractivity contribution in [2.75, 3.05) is 18.0 Å². The minimum atomic E-state index is -0.0340. The van der Waals surface area contributed by atoms with Crippen LogP contribution in [0.25, 0.3) is 24.3 Å². The highest BCUT2D eigenvalue weighted by Gasteiger charge is 2.40. The van der Waals surface area contributed by atoms with Crippen molar-refractivity contribution in [3.63, 3.8) is 0 Å². The van der Waals surface area contributed by atoms with Gasteiger partial charge in [0.05, 0.1) is 0 Å². The summed E-state index contributed by atoms with van der Waals surface area (Å²) in [6.45, 7) is 18.6. The van der Waals surface area contributed by atoms with Crippen LogP contribution >= 0.6 is 0 Å². The van der Waals surface area contributed by atoms with Crippen LogP contribution in [0.2, 0.25) is 0 Å². The van der Waals surface area contributed by atoms with E-state index >= 15 is 0 Å². The monoisotopic (exact) mass is 641 g/mol. The fourth-order valence-electron chi connectivity index (χ4n) is 7.71. The second-order valence-corrected chi connectivity index (χ2v) is 15.4. The van der Waals surface area contributed by atoms with Crippen molar-refractivity contribution in [2.24, 2.45) is 5.41 Å². The van der Waals surface area contributed by atoms with Crippen LogP contribution in [0.4, 0.5) is 11.4 Å². The zero-order chi connectivity index (χ0) is 34.1. The summed E-state index contributed by atoms with van der Waals surface area (Å²) in [5.74, 6) is 0. The van der Waals surface area contributed by atoms with Gasteiger partial charge < -0.3 is 4.90 Å². The summed E-state index contributed by atoms with van der Waals surface area (Å²) in [5, 5.41) is 5.62. The van der Waals surface area contributed by atoms with Crippen molar-refractivity contribution < 1.29 is 4.58 Å². The standard InChI is InChI=1S/C46H61N2/c1-8-10-12-22-34-47(39-31-29-36-23-18-19-25-38(36)35-39)42(45(3,4)5)27-16-14-13-15-17-28-43-46(6,7)44-40-26-21-20-24-37(40)30-32-41(44)48(43)33-11-9-2/h13-17,23-32,35H,8-12,18-22,33-34H2,1-7H3/q+1. The molecule has 0 atom stereocenters. The van der Waals surface area contributed by atoms with E-state index in [2.05, 4.69) is 155 Å². The molecule has 0 spiro atoms. The molecule has 0 bridgehead atoms. The number of anilines is 1. The lowest BCUT2D eigenvalue weighted by atomic mass is 9.81. The van der Waals surface area contributed by atoms with Crippen LogP contribution in [0.15, 0.2) is 78.6 Å². The summed E-state index contributed by atoms with van der Waals surface area (Å²) < 4.78 is 2.58. The first kappa shape index (κ1) is 35.7. The maximum absolute atomic E-state index is 2.59. The van der Waals surface area contributed by atoms with Crippen molar-refractivity contribution in [1.82, 2.24) is 0 Å². The Morgan fingerprint density at radius 2 is 1.42 bits per heavy atom. The number of nitrogens with zero attached hydrogens (tertiary/aromatic N) is 2. The normalized spacial score (nSPS) is 18.3. The van der Waals surface area contributed by atoms with Crippen LogP contribution in [0, 0.1) is 5.41 Å². The molecule has 2 heteroatoms. The van der Waals surface area contributed by atoms with E-state index in [4.69, 9.17) is 0 Å². The molecular formula is C46H61N2+. The Hall–Kier alpha value is -3.65. The van der Waals surface area contributed by atoms with Crippen molar-refractivity contribution in [1.29, 1.82) is 0 Å². The van der Waals surface area contributed by atoms with E-state index in [9.17, 15) is 0 Å². The fourth-order valence-corrected chi connectivity index (χ4v) is 7.71. The molecule has 0 fully saturated rings. The number of rotatable bonds is 13. The Morgan fingerprint density at radius 1 is 0.750 bits per heavy atom. The molecule has 0 aromatic heterocycles. The molecule has 2 aromatic rings. The Balaban J connectivity index is 1.42. The third-order valence-electron chi connectivity index (χ3n) is 10.2. The molecule has 48 heavy (non-hydrogen) atoms. The number of benzene rings is 2. The molecule has 1 heterocycles. The molecule has 0 unspecified atom stereocenters. The maximum atomic E-state index is 2.59. The summed E-state index contributed by atoms with van der Waals surface area (Å²) >= 11 is 0. The second-order valence-electron chi connectivity index (χ2n) is 15.4. The number of hydrogen-bond acceptors (Lipinski definition) is 1. The minimum Gasteiger partial charge on any atom is -0.344 e. The third kappa shape index (κ3) is 8.13. The van der Waals surface area contributed by atoms with Crippen LogP contribution in [-0.4, -0.2) is 23.4 Å². The zero-order valence-electron chi connectivity index (χ0n) is 31.1. The molecule has 0 N–H and O–H groups in total. The topological polar surface area (TPSA) is 6.25 Å². The van der Waals surface area contributed by atoms with Gasteiger partial charge in [-0.15, -0.1) is 0 Å². The van der Waals surface area contributed by atoms with Crippen molar-refractivity contribution in [3.05, 3.63) is 105 Å². The quantitative estimate of drug-likeness (QED) is 0.0915. The van der Waals surface area contributed by atoms with E-state index in [1.54, 1.807) is 0 Å². The SMILES string of the molecule is CCCCCC[N+](=C(/C=C/C=C/C=C/C=C1\N(CCCC)c2ccc3c(c2C1(C)C)=CCCC=3)C(C)(C)C)c1ccc2c(c1)=CCCC=2. The van der Waals surface area contributed by atoms with E-state index in [-0.39, 0.29) is 10.8 Å². The Kier molecular flexibility index (Phi) is 12.0. The predicted octanol–water partition coefficient (Wildman–Crippen LogP) is 9.26. The van der Waals surface area contributed by atoms with Gasteiger partial charge in [-0.1, -0.05) is 128 Å². The largest absolute Gasteiger partial charge is 0.344 e. The van der Waals surface area contributed by atoms with E-state index in [0.29, 0.717) is 0 Å². The molecule has 3 aliphatic rings. The van der Waals surface area contributed by atoms with Gasteiger partial charge in [-0.2, -0.15) is 4.58 Å². The first-order valence-electron chi connectivity index (χ1n) is 19.0. The van der Waals surface area contributed by atoms with Gasteiger partial charge >= 0.3 is 0 Å². The van der Waals surface area contributed by atoms with Gasteiger partial charge in [0.25, 0.3) is 0 Å². The highest BCUT2D eigenvalue weighted by molar-refractivity contribution is 5.96. The highest BCUT2D eigenvalue weighted by Crippen LogP contribution is 2.45. The number of hydrogen-bond donors (Lipinski definition) is 0. The first-order chi connectivity index (χ1) is 23.2. The molecule has 0 amide bonds. The first-order valence-corrected chi connectivity index (χ1v) is 19.0. The van der Waals surface area contributed by atoms with E-state index < -0.39 is 0 Å². The molecule has 0 saturated carbocycles. The summed E-state index contributed by atoms with van der Waals surface area (Å²) in [6.07, 6.45) is 37.4. The minimum absolute atomic E-state index is 0.0144. The third-order valence-corrected chi connectivity index (χ3v) is 10.2. The van der Waals surface area contributed by atoms with Gasteiger partial charge in [-0.25, -0.2) is 0 Å². The Morgan fingerprint density at radius 3 is 2.17 bits per heavy atom. The van der Waals surface area contributed by atoms with Gasteiger partial charge in [0, 0.05) is 53.4 Å². The van der Waals surface area contributed by atoms with E-state index in [1.807, 2.05) is 0 Å². The highest BCUT2D eigenvalue weighted by atomic mass is 15.2. The molecule has 0 saturated heterocycles. The lowest BCUT2D eigenvalue weighted by Gasteiger charge is -2.27. The van der Waals surface area contributed by atoms with Gasteiger partial charge in [-0.05, 0) is 83.2 Å². The van der Waals surface area contributed by atoms with Crippen molar-refractivity contribution in [3.8, 4) is 0 Å². The average molecular weight is 642 g/mol. The van der Waals surface area contributed by atoms with Crippen LogP contribution < -0.4 is 25.8 Å². The molecular weight excluding hydrogens is 581 g/mol. The van der Waals surface area contributed by atoms with Gasteiger partial charge in [-0.3, -0.25) is 0 Å². The van der Waals surface area contributed by atoms with Gasteiger partial charge in [0.1, 0.15) is 6.54 Å². The molecule has 254 valence electrons. The Labute approximate surface area is 291 Å². The lowest BCUT2D eigenvalue weighted by molar-refractivity contribution is -0.444.